The van der Waals surface area contributed by atoms with Crippen LogP contribution in [0.2, 0.25) is 0 Å². The van der Waals surface area contributed by atoms with Crippen LogP contribution in [0.15, 0.2) is 47.5 Å². The number of morpholine rings is 1. The first-order chi connectivity index (χ1) is 15.0. The Balaban J connectivity index is 1.54. The summed E-state index contributed by atoms with van der Waals surface area (Å²) in [5.74, 6) is 0.153. The van der Waals surface area contributed by atoms with Crippen LogP contribution in [0.5, 0.6) is 5.88 Å². The van der Waals surface area contributed by atoms with E-state index in [4.69, 9.17) is 14.2 Å². The number of methoxy groups -OCH3 is 1. The highest BCUT2D eigenvalue weighted by Gasteiger charge is 2.26. The molecular formula is C21H27N3O6S. The summed E-state index contributed by atoms with van der Waals surface area (Å²) in [6, 6.07) is 10.1. The van der Waals surface area contributed by atoms with Gasteiger partial charge in [-0.15, -0.1) is 0 Å². The summed E-state index contributed by atoms with van der Waals surface area (Å²) in [6.45, 7) is 2.27. The Morgan fingerprint density at radius 3 is 2.61 bits per heavy atom. The first-order valence-corrected chi connectivity index (χ1v) is 11.5. The zero-order valence-corrected chi connectivity index (χ0v) is 18.3. The predicted molar refractivity (Wildman–Crippen MR) is 115 cm³/mol. The molecule has 0 spiro atoms. The van der Waals surface area contributed by atoms with Gasteiger partial charge in [-0.05, 0) is 36.2 Å². The molecule has 1 aliphatic rings. The number of nitrogens with zero attached hydrogens (tertiary/aromatic N) is 2. The average molecular weight is 450 g/mol. The maximum atomic E-state index is 12.7. The lowest BCUT2D eigenvalue weighted by Crippen LogP contribution is -2.40. The van der Waals surface area contributed by atoms with E-state index in [2.05, 4.69) is 10.3 Å². The van der Waals surface area contributed by atoms with Crippen molar-refractivity contribution in [3.05, 3.63) is 48.2 Å². The minimum absolute atomic E-state index is 0.186. The van der Waals surface area contributed by atoms with Gasteiger partial charge in [0.2, 0.25) is 21.8 Å². The Morgan fingerprint density at radius 1 is 1.16 bits per heavy atom. The van der Waals surface area contributed by atoms with Crippen LogP contribution in [0.1, 0.15) is 12.0 Å². The molecule has 168 valence electrons. The topological polar surface area (TPSA) is 107 Å². The fourth-order valence-electron chi connectivity index (χ4n) is 3.06. The van der Waals surface area contributed by atoms with Crippen LogP contribution >= 0.6 is 0 Å². The first-order valence-electron chi connectivity index (χ1n) is 10.0. The van der Waals surface area contributed by atoms with Gasteiger partial charge in [-0.2, -0.15) is 4.31 Å². The molecule has 0 bridgehead atoms. The minimum atomic E-state index is -3.52. The third-order valence-electron chi connectivity index (χ3n) is 4.74. The van der Waals surface area contributed by atoms with E-state index in [9.17, 15) is 13.2 Å². The van der Waals surface area contributed by atoms with Gasteiger partial charge in [0, 0.05) is 32.8 Å². The highest BCUT2D eigenvalue weighted by atomic mass is 32.2. The molecule has 2 aromatic rings. The Morgan fingerprint density at radius 2 is 1.90 bits per heavy atom. The van der Waals surface area contributed by atoms with Crippen molar-refractivity contribution in [1.29, 1.82) is 0 Å². The van der Waals surface area contributed by atoms with Crippen LogP contribution in [0.4, 0.5) is 5.69 Å². The van der Waals surface area contributed by atoms with Crippen molar-refractivity contribution in [1.82, 2.24) is 9.29 Å². The van der Waals surface area contributed by atoms with Crippen LogP contribution in [0.25, 0.3) is 0 Å². The number of hydrogen-bond acceptors (Lipinski definition) is 7. The number of nitrogens with one attached hydrogen (secondary N) is 1. The number of amides is 1. The number of anilines is 1. The van der Waals surface area contributed by atoms with Gasteiger partial charge >= 0.3 is 0 Å². The number of pyridine rings is 1. The van der Waals surface area contributed by atoms with Crippen LogP contribution in [0.3, 0.4) is 0 Å². The molecule has 0 saturated carbocycles. The Kier molecular flexibility index (Phi) is 8.35. The van der Waals surface area contributed by atoms with Gasteiger partial charge in [-0.3, -0.25) is 4.79 Å². The number of aromatic nitrogens is 1. The fraction of sp³-hybridized carbons (Fsp3) is 0.429. The lowest BCUT2D eigenvalue weighted by molar-refractivity contribution is -0.116. The monoisotopic (exact) mass is 449 g/mol. The maximum Gasteiger partial charge on any atom is 0.243 e. The Hall–Kier alpha value is -2.53. The minimum Gasteiger partial charge on any atom is -0.474 e. The standard InChI is InChI=1S/C21H27N3O6S/c1-28-15-16-30-21-19(3-2-10-22-21)23-20(25)9-6-17-4-7-18(8-5-17)31(26,27)24-11-13-29-14-12-24/h2-5,7-8,10H,6,9,11-16H2,1H3,(H,23,25). The molecule has 1 aromatic carbocycles. The second kappa shape index (κ2) is 11.2. The first kappa shape index (κ1) is 23.1. The van der Waals surface area contributed by atoms with Gasteiger partial charge in [-0.1, -0.05) is 12.1 Å². The molecule has 9 nitrogen and oxygen atoms in total. The van der Waals surface area contributed by atoms with Crippen LogP contribution in [-0.2, 0) is 30.7 Å². The maximum absolute atomic E-state index is 12.7. The second-order valence-electron chi connectivity index (χ2n) is 6.91. The molecule has 3 rings (SSSR count). The number of ether oxygens (including phenoxy) is 3. The summed E-state index contributed by atoms with van der Waals surface area (Å²) in [7, 11) is -1.94. The van der Waals surface area contributed by atoms with Gasteiger partial charge in [0.25, 0.3) is 0 Å². The van der Waals surface area contributed by atoms with Crippen molar-refractivity contribution in [2.75, 3.05) is 51.9 Å². The van der Waals surface area contributed by atoms with Gasteiger partial charge in [-0.25, -0.2) is 13.4 Å². The van der Waals surface area contributed by atoms with E-state index in [0.717, 1.165) is 5.56 Å². The van der Waals surface area contributed by atoms with E-state index in [-0.39, 0.29) is 17.2 Å². The number of benzene rings is 1. The Bertz CT molecular complexity index is 959. The predicted octanol–water partition coefficient (Wildman–Crippen LogP) is 1.70. The number of aryl methyl sites for hydroxylation is 1. The number of sulfonamides is 1. The quantitative estimate of drug-likeness (QED) is 0.550. The summed E-state index contributed by atoms with van der Waals surface area (Å²) >= 11 is 0. The number of carbonyl (C=O) groups is 1. The van der Waals surface area contributed by atoms with Crippen molar-refractivity contribution in [3.63, 3.8) is 0 Å². The number of rotatable bonds is 10. The summed E-state index contributed by atoms with van der Waals surface area (Å²) in [5.41, 5.74) is 1.37. The molecular weight excluding hydrogens is 422 g/mol. The van der Waals surface area contributed by atoms with Crippen LogP contribution in [0, 0.1) is 0 Å². The summed E-state index contributed by atoms with van der Waals surface area (Å²) in [5, 5.41) is 2.80. The molecule has 10 heteroatoms. The number of hydrogen-bond donors (Lipinski definition) is 1. The van der Waals surface area contributed by atoms with E-state index in [0.29, 0.717) is 57.5 Å². The highest BCUT2D eigenvalue weighted by Crippen LogP contribution is 2.21. The zero-order valence-electron chi connectivity index (χ0n) is 17.5. The Labute approximate surface area is 182 Å². The molecule has 0 radical (unpaired) electrons. The van der Waals surface area contributed by atoms with Crippen molar-refractivity contribution in [2.24, 2.45) is 0 Å². The van der Waals surface area contributed by atoms with Gasteiger partial charge < -0.3 is 19.5 Å². The molecule has 31 heavy (non-hydrogen) atoms. The molecule has 1 aliphatic heterocycles. The van der Waals surface area contributed by atoms with E-state index >= 15 is 0 Å². The lowest BCUT2D eigenvalue weighted by atomic mass is 10.1. The van der Waals surface area contributed by atoms with Crippen molar-refractivity contribution in [2.45, 2.75) is 17.7 Å². The fourth-order valence-corrected chi connectivity index (χ4v) is 4.47. The number of carbonyl (C=O) groups excluding carboxylic acids is 1. The highest BCUT2D eigenvalue weighted by molar-refractivity contribution is 7.89. The molecule has 1 N–H and O–H groups in total. The molecule has 1 amide bonds. The second-order valence-corrected chi connectivity index (χ2v) is 8.84. The van der Waals surface area contributed by atoms with Crippen molar-refractivity contribution in [3.8, 4) is 5.88 Å². The molecule has 0 unspecified atom stereocenters. The van der Waals surface area contributed by atoms with E-state index in [1.807, 2.05) is 0 Å². The summed E-state index contributed by atoms with van der Waals surface area (Å²) < 4.78 is 42.5. The third-order valence-corrected chi connectivity index (χ3v) is 6.66. The van der Waals surface area contributed by atoms with Gasteiger partial charge in [0.15, 0.2) is 0 Å². The lowest BCUT2D eigenvalue weighted by Gasteiger charge is -2.26. The van der Waals surface area contributed by atoms with Crippen molar-refractivity contribution >= 4 is 21.6 Å². The molecule has 1 saturated heterocycles. The SMILES string of the molecule is COCCOc1ncccc1NC(=O)CCc1ccc(S(=O)(=O)N2CCOCC2)cc1. The normalized spacial score (nSPS) is 14.9. The van der Waals surface area contributed by atoms with Crippen LogP contribution < -0.4 is 10.1 Å². The van der Waals surface area contributed by atoms with E-state index < -0.39 is 10.0 Å². The molecule has 1 fully saturated rings. The van der Waals surface area contributed by atoms with E-state index in [1.54, 1.807) is 49.7 Å². The van der Waals surface area contributed by atoms with Gasteiger partial charge in [0.1, 0.15) is 12.3 Å². The molecule has 2 heterocycles. The third kappa shape index (κ3) is 6.47. The molecule has 0 aliphatic carbocycles. The largest absolute Gasteiger partial charge is 0.474 e. The summed E-state index contributed by atoms with van der Waals surface area (Å²) in [6.07, 6.45) is 2.30. The van der Waals surface area contributed by atoms with E-state index in [1.165, 1.54) is 4.31 Å². The zero-order chi connectivity index (χ0) is 22.1. The smallest absolute Gasteiger partial charge is 0.243 e. The van der Waals surface area contributed by atoms with Gasteiger partial charge in [0.05, 0.1) is 24.7 Å². The summed E-state index contributed by atoms with van der Waals surface area (Å²) in [4.78, 5) is 16.7. The van der Waals surface area contributed by atoms with Crippen LogP contribution in [-0.4, -0.2) is 70.2 Å². The average Bonchev–Trinajstić information content (AvgIpc) is 2.80. The molecule has 1 aromatic heterocycles. The van der Waals surface area contributed by atoms with Crippen molar-refractivity contribution < 1.29 is 27.4 Å². The molecule has 0 atom stereocenters.